The zero-order valence-electron chi connectivity index (χ0n) is 11.0. The van der Waals surface area contributed by atoms with Gasteiger partial charge in [0.25, 0.3) is 0 Å². The lowest BCUT2D eigenvalue weighted by atomic mass is 10.1. The second kappa shape index (κ2) is 7.02. The van der Waals surface area contributed by atoms with E-state index in [2.05, 4.69) is 0 Å². The number of nitrogens with two attached hydrogens (primary N) is 1. The molecule has 0 radical (unpaired) electrons. The molecule has 0 fully saturated rings. The SMILES string of the molecule is CC(=O)Oc1ccc(C[C@H](N)C(=O)Cl)cc1OC(C)=O. The third kappa shape index (κ3) is 4.99. The molecule has 0 bridgehead atoms. The van der Waals surface area contributed by atoms with Gasteiger partial charge in [0, 0.05) is 13.8 Å². The van der Waals surface area contributed by atoms with Crippen molar-refractivity contribution in [1.29, 1.82) is 0 Å². The first kappa shape index (κ1) is 16.1. The van der Waals surface area contributed by atoms with Crippen LogP contribution in [0.4, 0.5) is 0 Å². The van der Waals surface area contributed by atoms with Crippen LogP contribution in [0.2, 0.25) is 0 Å². The van der Waals surface area contributed by atoms with Crippen LogP contribution in [0.3, 0.4) is 0 Å². The molecule has 0 amide bonds. The first-order chi connectivity index (χ1) is 9.29. The van der Waals surface area contributed by atoms with Crippen molar-refractivity contribution in [2.75, 3.05) is 0 Å². The topological polar surface area (TPSA) is 95.7 Å². The van der Waals surface area contributed by atoms with Crippen LogP contribution >= 0.6 is 11.6 Å². The molecule has 0 unspecified atom stereocenters. The highest BCUT2D eigenvalue weighted by molar-refractivity contribution is 6.64. The van der Waals surface area contributed by atoms with Gasteiger partial charge in [-0.2, -0.15) is 0 Å². The maximum atomic E-state index is 11.0. The summed E-state index contributed by atoms with van der Waals surface area (Å²) in [6, 6.07) is 3.67. The van der Waals surface area contributed by atoms with Crippen LogP contribution in [0.25, 0.3) is 0 Å². The van der Waals surface area contributed by atoms with Gasteiger partial charge in [0.2, 0.25) is 5.24 Å². The van der Waals surface area contributed by atoms with E-state index in [0.717, 1.165) is 0 Å². The molecule has 0 aliphatic rings. The van der Waals surface area contributed by atoms with Gasteiger partial charge < -0.3 is 15.2 Å². The van der Waals surface area contributed by atoms with Crippen LogP contribution in [0, 0.1) is 0 Å². The van der Waals surface area contributed by atoms with E-state index in [1.54, 1.807) is 6.07 Å². The molecule has 108 valence electrons. The predicted molar refractivity (Wildman–Crippen MR) is 71.6 cm³/mol. The van der Waals surface area contributed by atoms with Crippen molar-refractivity contribution in [1.82, 2.24) is 0 Å². The van der Waals surface area contributed by atoms with E-state index in [9.17, 15) is 14.4 Å². The van der Waals surface area contributed by atoms with Crippen LogP contribution in [-0.4, -0.2) is 23.2 Å². The van der Waals surface area contributed by atoms with E-state index < -0.39 is 23.2 Å². The third-order valence-corrected chi connectivity index (χ3v) is 2.54. The van der Waals surface area contributed by atoms with Gasteiger partial charge in [-0.3, -0.25) is 14.4 Å². The van der Waals surface area contributed by atoms with Gasteiger partial charge in [0.05, 0.1) is 6.04 Å². The van der Waals surface area contributed by atoms with Gasteiger partial charge in [0.1, 0.15) is 0 Å². The Morgan fingerprint density at radius 3 is 2.20 bits per heavy atom. The van der Waals surface area contributed by atoms with E-state index in [0.29, 0.717) is 5.56 Å². The highest BCUT2D eigenvalue weighted by atomic mass is 35.5. The largest absolute Gasteiger partial charge is 0.423 e. The average molecular weight is 300 g/mol. The first-order valence-electron chi connectivity index (χ1n) is 5.74. The number of ether oxygens (including phenoxy) is 2. The van der Waals surface area contributed by atoms with E-state index in [-0.39, 0.29) is 17.9 Å². The highest BCUT2D eigenvalue weighted by Gasteiger charge is 2.15. The molecular formula is C13H14ClNO5. The standard InChI is InChI=1S/C13H14ClNO5/c1-7(16)19-11-4-3-9(5-10(15)13(14)18)6-12(11)20-8(2)17/h3-4,6,10H,5,15H2,1-2H3/t10-/m0/s1. The van der Waals surface area contributed by atoms with Gasteiger partial charge in [-0.05, 0) is 35.7 Å². The first-order valence-corrected chi connectivity index (χ1v) is 6.12. The Labute approximate surface area is 120 Å². The molecule has 1 atom stereocenters. The molecule has 0 heterocycles. The van der Waals surface area contributed by atoms with E-state index in [1.807, 2.05) is 0 Å². The summed E-state index contributed by atoms with van der Waals surface area (Å²) in [5, 5.41) is -0.664. The van der Waals surface area contributed by atoms with Crippen LogP contribution in [-0.2, 0) is 20.8 Å². The summed E-state index contributed by atoms with van der Waals surface area (Å²) in [5.41, 5.74) is 6.17. The minimum Gasteiger partial charge on any atom is -0.423 e. The van der Waals surface area contributed by atoms with Gasteiger partial charge in [0.15, 0.2) is 11.5 Å². The second-order valence-electron chi connectivity index (χ2n) is 4.08. The van der Waals surface area contributed by atoms with Crippen molar-refractivity contribution in [2.24, 2.45) is 5.73 Å². The van der Waals surface area contributed by atoms with E-state index >= 15 is 0 Å². The zero-order valence-corrected chi connectivity index (χ0v) is 11.8. The molecule has 6 nitrogen and oxygen atoms in total. The summed E-state index contributed by atoms with van der Waals surface area (Å²) >= 11 is 5.28. The molecule has 0 saturated carbocycles. The summed E-state index contributed by atoms with van der Waals surface area (Å²) in [6.07, 6.45) is 0.178. The minimum atomic E-state index is -0.860. The predicted octanol–water partition coefficient (Wildman–Crippen LogP) is 1.17. The number of halogens is 1. The molecule has 20 heavy (non-hydrogen) atoms. The van der Waals surface area contributed by atoms with Gasteiger partial charge in [-0.15, -0.1) is 0 Å². The molecule has 2 N–H and O–H groups in total. The Balaban J connectivity index is 3.03. The molecule has 7 heteroatoms. The number of rotatable bonds is 5. The van der Waals surface area contributed by atoms with Gasteiger partial charge >= 0.3 is 11.9 Å². The molecule has 1 aromatic carbocycles. The zero-order chi connectivity index (χ0) is 15.3. The lowest BCUT2D eigenvalue weighted by Gasteiger charge is -2.12. The fourth-order valence-corrected chi connectivity index (χ4v) is 1.56. The molecule has 0 spiro atoms. The number of carbonyl (C=O) groups excluding carboxylic acids is 3. The molecule has 0 saturated heterocycles. The Morgan fingerprint density at radius 2 is 1.70 bits per heavy atom. The van der Waals surface area contributed by atoms with Crippen molar-refractivity contribution in [2.45, 2.75) is 26.3 Å². The molecule has 1 aromatic rings. The maximum absolute atomic E-state index is 11.0. The molecule has 1 rings (SSSR count). The quantitative estimate of drug-likeness (QED) is 0.498. The van der Waals surface area contributed by atoms with Crippen LogP contribution in [0.1, 0.15) is 19.4 Å². The van der Waals surface area contributed by atoms with Crippen LogP contribution in [0.15, 0.2) is 18.2 Å². The van der Waals surface area contributed by atoms with Gasteiger partial charge in [-0.25, -0.2) is 0 Å². The lowest BCUT2D eigenvalue weighted by molar-refractivity contribution is -0.134. The molecule has 0 aromatic heterocycles. The van der Waals surface area contributed by atoms with Crippen LogP contribution in [0.5, 0.6) is 11.5 Å². The second-order valence-corrected chi connectivity index (χ2v) is 4.46. The fourth-order valence-electron chi connectivity index (χ4n) is 1.49. The Hall–Kier alpha value is -1.92. The van der Waals surface area contributed by atoms with Crippen LogP contribution < -0.4 is 15.2 Å². The summed E-state index contributed by atoms with van der Waals surface area (Å²) in [4.78, 5) is 32.9. The molecule has 0 aliphatic carbocycles. The van der Waals surface area contributed by atoms with Gasteiger partial charge in [-0.1, -0.05) is 6.07 Å². The van der Waals surface area contributed by atoms with Crippen molar-refractivity contribution < 1.29 is 23.9 Å². The fraction of sp³-hybridized carbons (Fsp3) is 0.308. The number of hydrogen-bond acceptors (Lipinski definition) is 6. The van der Waals surface area contributed by atoms with Crippen molar-refractivity contribution in [3.8, 4) is 11.5 Å². The maximum Gasteiger partial charge on any atom is 0.308 e. The summed E-state index contributed by atoms with van der Waals surface area (Å²) in [6.45, 7) is 2.45. The number of esters is 2. The van der Waals surface area contributed by atoms with E-state index in [4.69, 9.17) is 26.8 Å². The number of carbonyl (C=O) groups is 3. The molecular weight excluding hydrogens is 286 g/mol. The smallest absolute Gasteiger partial charge is 0.308 e. The number of hydrogen-bond donors (Lipinski definition) is 1. The molecule has 0 aliphatic heterocycles. The van der Waals surface area contributed by atoms with Crippen molar-refractivity contribution >= 4 is 28.8 Å². The highest BCUT2D eigenvalue weighted by Crippen LogP contribution is 2.29. The third-order valence-electron chi connectivity index (χ3n) is 2.26. The van der Waals surface area contributed by atoms with E-state index in [1.165, 1.54) is 26.0 Å². The lowest BCUT2D eigenvalue weighted by Crippen LogP contribution is -2.29. The van der Waals surface area contributed by atoms with Crippen molar-refractivity contribution in [3.05, 3.63) is 23.8 Å². The summed E-state index contributed by atoms with van der Waals surface area (Å²) in [7, 11) is 0. The normalized spacial score (nSPS) is 11.6. The Morgan fingerprint density at radius 1 is 1.15 bits per heavy atom. The Kier molecular flexibility index (Phi) is 5.66. The Bertz CT molecular complexity index is 544. The average Bonchev–Trinajstić information content (AvgIpc) is 2.31. The monoisotopic (exact) mass is 299 g/mol. The van der Waals surface area contributed by atoms with Crippen molar-refractivity contribution in [3.63, 3.8) is 0 Å². The minimum absolute atomic E-state index is 0.0828. The summed E-state index contributed by atoms with van der Waals surface area (Å²) < 4.78 is 9.87. The number of benzene rings is 1. The summed E-state index contributed by atoms with van der Waals surface area (Å²) in [5.74, 6) is -0.909.